The van der Waals surface area contributed by atoms with Crippen LogP contribution in [0.1, 0.15) is 26.8 Å². The standard InChI is InChI=1S/C23H13ClN2O5S2/c24-13-6-3-11(4-7-13)19(27)17-18(15-2-1-9-32-15)26(21(29)20(17)28)23-25-14-8-5-12(22(30)31)10-16(14)33-23/h1-10,18,27H,(H,30,31)/b19-17+. The third kappa shape index (κ3) is 3.60. The monoisotopic (exact) mass is 496 g/mol. The molecule has 33 heavy (non-hydrogen) atoms. The first-order valence-corrected chi connectivity index (χ1v) is 11.7. The molecule has 2 N–H and O–H groups in total. The van der Waals surface area contributed by atoms with Gasteiger partial charge in [0.05, 0.1) is 21.4 Å². The highest BCUT2D eigenvalue weighted by molar-refractivity contribution is 7.22. The molecule has 0 radical (unpaired) electrons. The molecule has 7 nitrogen and oxygen atoms in total. The van der Waals surface area contributed by atoms with Crippen LogP contribution in [0, 0.1) is 0 Å². The number of benzene rings is 2. The molecule has 5 rings (SSSR count). The molecule has 1 aliphatic heterocycles. The lowest BCUT2D eigenvalue weighted by molar-refractivity contribution is -0.132. The Hall–Kier alpha value is -3.53. The molecule has 3 heterocycles. The van der Waals surface area contributed by atoms with E-state index in [4.69, 9.17) is 11.6 Å². The van der Waals surface area contributed by atoms with Gasteiger partial charge in [-0.15, -0.1) is 11.3 Å². The molecule has 0 saturated carbocycles. The Labute approximate surface area is 199 Å². The van der Waals surface area contributed by atoms with Crippen LogP contribution in [-0.2, 0) is 9.59 Å². The van der Waals surface area contributed by atoms with Gasteiger partial charge in [-0.25, -0.2) is 9.78 Å². The molecule has 1 amide bonds. The fourth-order valence-electron chi connectivity index (χ4n) is 3.66. The maximum Gasteiger partial charge on any atom is 0.335 e. The number of carbonyl (C=O) groups is 3. The van der Waals surface area contributed by atoms with Crippen LogP contribution in [0.5, 0.6) is 0 Å². The molecule has 1 fully saturated rings. The number of nitrogens with zero attached hydrogens (tertiary/aromatic N) is 2. The van der Waals surface area contributed by atoms with Crippen LogP contribution in [0.3, 0.4) is 0 Å². The van der Waals surface area contributed by atoms with Gasteiger partial charge in [-0.1, -0.05) is 29.0 Å². The van der Waals surface area contributed by atoms with Crippen molar-refractivity contribution >= 4 is 73.0 Å². The van der Waals surface area contributed by atoms with E-state index in [1.54, 1.807) is 42.5 Å². The van der Waals surface area contributed by atoms with Crippen molar-refractivity contribution in [2.24, 2.45) is 0 Å². The number of aliphatic hydroxyl groups is 1. The van der Waals surface area contributed by atoms with Crippen molar-refractivity contribution < 1.29 is 24.6 Å². The lowest BCUT2D eigenvalue weighted by atomic mass is 10.00. The highest BCUT2D eigenvalue weighted by Gasteiger charge is 2.48. The molecule has 1 saturated heterocycles. The van der Waals surface area contributed by atoms with Crippen molar-refractivity contribution in [2.75, 3.05) is 4.90 Å². The van der Waals surface area contributed by atoms with E-state index in [2.05, 4.69) is 4.98 Å². The smallest absolute Gasteiger partial charge is 0.335 e. The largest absolute Gasteiger partial charge is 0.507 e. The molecule has 164 valence electrons. The Morgan fingerprint density at radius 2 is 1.76 bits per heavy atom. The SMILES string of the molecule is O=C1C(=O)N(c2nc3ccc(C(=O)O)cc3s2)C(c2cccs2)/C1=C(\O)c1ccc(Cl)cc1. The molecule has 2 aromatic heterocycles. The second-order valence-corrected chi connectivity index (χ2v) is 9.60. The average Bonchev–Trinajstić information content (AvgIpc) is 3.52. The van der Waals surface area contributed by atoms with E-state index < -0.39 is 23.7 Å². The number of aromatic nitrogens is 1. The number of halogens is 1. The molecular formula is C23H13ClN2O5S2. The molecule has 0 aliphatic carbocycles. The number of ketones is 1. The minimum atomic E-state index is -1.08. The molecule has 1 aliphatic rings. The number of fused-ring (bicyclic) bond motifs is 1. The van der Waals surface area contributed by atoms with E-state index >= 15 is 0 Å². The quantitative estimate of drug-likeness (QED) is 0.224. The summed E-state index contributed by atoms with van der Waals surface area (Å²) in [6.45, 7) is 0. The van der Waals surface area contributed by atoms with Crippen LogP contribution in [0.25, 0.3) is 16.0 Å². The highest BCUT2D eigenvalue weighted by Crippen LogP contribution is 2.45. The van der Waals surface area contributed by atoms with Crippen molar-refractivity contribution in [1.82, 2.24) is 4.98 Å². The number of Topliss-reactive ketones (excluding diaryl/α,β-unsaturated/α-hetero) is 1. The van der Waals surface area contributed by atoms with Gasteiger partial charge in [0.2, 0.25) is 0 Å². The molecule has 1 unspecified atom stereocenters. The predicted molar refractivity (Wildman–Crippen MR) is 127 cm³/mol. The van der Waals surface area contributed by atoms with Gasteiger partial charge in [0, 0.05) is 15.5 Å². The Morgan fingerprint density at radius 3 is 2.42 bits per heavy atom. The topological polar surface area (TPSA) is 108 Å². The van der Waals surface area contributed by atoms with Gasteiger partial charge in [0.25, 0.3) is 5.78 Å². The van der Waals surface area contributed by atoms with Gasteiger partial charge in [-0.2, -0.15) is 0 Å². The number of carboxylic acid groups (broad SMARTS) is 1. The summed E-state index contributed by atoms with van der Waals surface area (Å²) in [7, 11) is 0. The van der Waals surface area contributed by atoms with E-state index in [-0.39, 0.29) is 22.0 Å². The molecule has 0 spiro atoms. The molecule has 4 aromatic rings. The predicted octanol–water partition coefficient (Wildman–Crippen LogP) is 5.34. The van der Waals surface area contributed by atoms with Gasteiger partial charge in [-0.05, 0) is 53.9 Å². The average molecular weight is 497 g/mol. The lowest BCUT2D eigenvalue weighted by Crippen LogP contribution is -2.28. The summed E-state index contributed by atoms with van der Waals surface area (Å²) in [5.74, 6) is -3.03. The van der Waals surface area contributed by atoms with E-state index in [0.717, 1.165) is 11.3 Å². The number of thiophene rings is 1. The third-order valence-corrected chi connectivity index (χ3v) is 7.40. The number of amides is 1. The number of thiazole rings is 1. The maximum absolute atomic E-state index is 13.2. The zero-order valence-corrected chi connectivity index (χ0v) is 18.9. The number of aliphatic hydroxyl groups excluding tert-OH is 1. The van der Waals surface area contributed by atoms with E-state index in [1.165, 1.54) is 28.4 Å². The molecule has 10 heteroatoms. The maximum atomic E-state index is 13.2. The number of aromatic carboxylic acids is 1. The van der Waals surface area contributed by atoms with Gasteiger partial charge >= 0.3 is 11.9 Å². The van der Waals surface area contributed by atoms with Gasteiger partial charge in [0.15, 0.2) is 5.13 Å². The van der Waals surface area contributed by atoms with Crippen LogP contribution in [0.15, 0.2) is 65.6 Å². The van der Waals surface area contributed by atoms with Crippen LogP contribution < -0.4 is 4.90 Å². The van der Waals surface area contributed by atoms with Crippen molar-refractivity contribution in [3.05, 3.63) is 86.6 Å². The van der Waals surface area contributed by atoms with E-state index in [1.807, 2.05) is 5.38 Å². The van der Waals surface area contributed by atoms with E-state index in [9.17, 15) is 24.6 Å². The first-order chi connectivity index (χ1) is 15.8. The van der Waals surface area contributed by atoms with Crippen LogP contribution >= 0.6 is 34.3 Å². The molecular weight excluding hydrogens is 484 g/mol. The van der Waals surface area contributed by atoms with Crippen LogP contribution in [-0.4, -0.2) is 32.9 Å². The summed E-state index contributed by atoms with van der Waals surface area (Å²) in [6.07, 6.45) is 0. The molecule has 1 atom stereocenters. The summed E-state index contributed by atoms with van der Waals surface area (Å²) in [5.41, 5.74) is 0.909. The Kier molecular flexibility index (Phi) is 5.24. The van der Waals surface area contributed by atoms with Crippen molar-refractivity contribution in [3.8, 4) is 0 Å². The zero-order valence-electron chi connectivity index (χ0n) is 16.6. The second-order valence-electron chi connectivity index (χ2n) is 7.18. The third-order valence-electron chi connectivity index (χ3n) is 5.20. The summed E-state index contributed by atoms with van der Waals surface area (Å²) in [6, 6.07) is 13.5. The number of anilines is 1. The number of hydrogen-bond acceptors (Lipinski definition) is 7. The second kappa shape index (κ2) is 8.11. The fraction of sp³-hybridized carbons (Fsp3) is 0.0435. The van der Waals surface area contributed by atoms with Gasteiger partial charge in [-0.3, -0.25) is 14.5 Å². The lowest BCUT2D eigenvalue weighted by Gasteiger charge is -2.21. The Bertz CT molecular complexity index is 1460. The minimum absolute atomic E-state index is 0.0461. The zero-order chi connectivity index (χ0) is 23.3. The first kappa shape index (κ1) is 21.3. The van der Waals surface area contributed by atoms with Crippen LogP contribution in [0.2, 0.25) is 5.02 Å². The fourth-order valence-corrected chi connectivity index (χ4v) is 5.64. The molecule has 0 bridgehead atoms. The van der Waals surface area contributed by atoms with Gasteiger partial charge < -0.3 is 10.2 Å². The van der Waals surface area contributed by atoms with Gasteiger partial charge in [0.1, 0.15) is 11.8 Å². The van der Waals surface area contributed by atoms with Crippen molar-refractivity contribution in [3.63, 3.8) is 0 Å². The Balaban J connectivity index is 1.69. The summed E-state index contributed by atoms with van der Waals surface area (Å²) >= 11 is 8.39. The highest BCUT2D eigenvalue weighted by atomic mass is 35.5. The number of hydrogen-bond donors (Lipinski definition) is 2. The summed E-state index contributed by atoms with van der Waals surface area (Å²) < 4.78 is 0.564. The van der Waals surface area contributed by atoms with Crippen LogP contribution in [0.4, 0.5) is 5.13 Å². The van der Waals surface area contributed by atoms with E-state index in [0.29, 0.717) is 25.7 Å². The number of rotatable bonds is 4. The number of carboxylic acids is 1. The first-order valence-electron chi connectivity index (χ1n) is 9.59. The van der Waals surface area contributed by atoms with Crippen molar-refractivity contribution in [2.45, 2.75) is 6.04 Å². The Morgan fingerprint density at radius 1 is 1.03 bits per heavy atom. The normalized spacial score (nSPS) is 17.7. The number of carbonyl (C=O) groups excluding carboxylic acids is 2. The summed E-state index contributed by atoms with van der Waals surface area (Å²) in [4.78, 5) is 44.0. The summed E-state index contributed by atoms with van der Waals surface area (Å²) in [5, 5.41) is 22.8. The van der Waals surface area contributed by atoms with Crippen molar-refractivity contribution in [1.29, 1.82) is 0 Å². The minimum Gasteiger partial charge on any atom is -0.507 e. The molecule has 2 aromatic carbocycles.